The third-order valence-corrected chi connectivity index (χ3v) is 2.62. The molecule has 1 fully saturated rings. The molecule has 0 spiro atoms. The average Bonchev–Trinajstić information content (AvgIpc) is 2.67. The fourth-order valence-electron chi connectivity index (χ4n) is 1.87. The van der Waals surface area contributed by atoms with Crippen LogP contribution in [0.2, 0.25) is 0 Å². The molecule has 1 aliphatic carbocycles. The molecule has 0 heterocycles. The summed E-state index contributed by atoms with van der Waals surface area (Å²) < 4.78 is 4.66. The van der Waals surface area contributed by atoms with E-state index in [0.29, 0.717) is 6.54 Å². The molecule has 1 amide bonds. The molecule has 1 aliphatic rings. The largest absolute Gasteiger partial charge is 0.447 e. The molecule has 0 aromatic heterocycles. The van der Waals surface area contributed by atoms with Gasteiger partial charge in [0, 0.05) is 6.54 Å². The van der Waals surface area contributed by atoms with Crippen LogP contribution in [0, 0.1) is 5.92 Å². The van der Waals surface area contributed by atoms with Gasteiger partial charge in [-0.2, -0.15) is 0 Å². The fourth-order valence-corrected chi connectivity index (χ4v) is 1.87. The Hall–Kier alpha value is -0.770. The van der Waals surface area contributed by atoms with Crippen molar-refractivity contribution in [1.82, 2.24) is 5.32 Å². The summed E-state index contributed by atoms with van der Waals surface area (Å²) in [6.07, 6.45) is 5.89. The summed E-state index contributed by atoms with van der Waals surface area (Å²) in [6, 6.07) is 0. The van der Waals surface area contributed by atoms with E-state index in [2.05, 4.69) is 10.1 Å². The van der Waals surface area contributed by atoms with Crippen molar-refractivity contribution in [3.8, 4) is 0 Å². The van der Waals surface area contributed by atoms with Gasteiger partial charge in [0.15, 0.2) is 0 Å². The average molecular weight is 201 g/mol. The molecule has 1 saturated carbocycles. The van der Waals surface area contributed by atoms with Gasteiger partial charge in [-0.1, -0.05) is 25.7 Å². The number of aliphatic hydroxyl groups excluding tert-OH is 1. The standard InChI is InChI=1S/C10H19NO3/c12-7-8-14-10(13)11-6-5-9-3-1-2-4-9/h9,12H,1-8H2,(H,11,13). The van der Waals surface area contributed by atoms with Crippen molar-refractivity contribution in [2.24, 2.45) is 5.92 Å². The first-order valence-electron chi connectivity index (χ1n) is 5.34. The van der Waals surface area contributed by atoms with Crippen molar-refractivity contribution in [2.45, 2.75) is 32.1 Å². The summed E-state index contributed by atoms with van der Waals surface area (Å²) in [5.41, 5.74) is 0. The van der Waals surface area contributed by atoms with Crippen LogP contribution in [0.4, 0.5) is 4.79 Å². The maximum absolute atomic E-state index is 10.9. The maximum Gasteiger partial charge on any atom is 0.407 e. The molecule has 4 nitrogen and oxygen atoms in total. The Balaban J connectivity index is 1.94. The molecule has 1 rings (SSSR count). The van der Waals surface area contributed by atoms with E-state index in [4.69, 9.17) is 5.11 Å². The van der Waals surface area contributed by atoms with E-state index in [1.165, 1.54) is 25.7 Å². The Kier molecular flexibility index (Phi) is 5.37. The van der Waals surface area contributed by atoms with Gasteiger partial charge in [0.1, 0.15) is 6.61 Å². The van der Waals surface area contributed by atoms with Crippen LogP contribution in [-0.4, -0.2) is 31.0 Å². The Bertz CT molecular complexity index is 167. The van der Waals surface area contributed by atoms with Gasteiger partial charge in [0.25, 0.3) is 0 Å². The summed E-state index contributed by atoms with van der Waals surface area (Å²) in [5, 5.41) is 11.1. The minimum Gasteiger partial charge on any atom is -0.447 e. The third-order valence-electron chi connectivity index (χ3n) is 2.62. The van der Waals surface area contributed by atoms with E-state index in [1.807, 2.05) is 0 Å². The van der Waals surface area contributed by atoms with E-state index in [-0.39, 0.29) is 13.2 Å². The number of nitrogens with one attached hydrogen (secondary N) is 1. The van der Waals surface area contributed by atoms with Crippen LogP contribution in [-0.2, 0) is 4.74 Å². The molecule has 82 valence electrons. The predicted molar refractivity (Wildman–Crippen MR) is 53.0 cm³/mol. The topological polar surface area (TPSA) is 58.6 Å². The van der Waals surface area contributed by atoms with Crippen molar-refractivity contribution in [2.75, 3.05) is 19.8 Å². The molecule has 0 saturated heterocycles. The lowest BCUT2D eigenvalue weighted by molar-refractivity contribution is 0.119. The smallest absolute Gasteiger partial charge is 0.407 e. The van der Waals surface area contributed by atoms with Crippen molar-refractivity contribution in [3.63, 3.8) is 0 Å². The van der Waals surface area contributed by atoms with Gasteiger partial charge in [0.05, 0.1) is 6.61 Å². The van der Waals surface area contributed by atoms with Gasteiger partial charge in [0.2, 0.25) is 0 Å². The van der Waals surface area contributed by atoms with Gasteiger partial charge in [-0.15, -0.1) is 0 Å². The lowest BCUT2D eigenvalue weighted by atomic mass is 10.0. The predicted octanol–water partition coefficient (Wildman–Crippen LogP) is 1.29. The van der Waals surface area contributed by atoms with Crippen molar-refractivity contribution in [1.29, 1.82) is 0 Å². The van der Waals surface area contributed by atoms with E-state index in [9.17, 15) is 4.79 Å². The van der Waals surface area contributed by atoms with E-state index < -0.39 is 6.09 Å². The quantitative estimate of drug-likeness (QED) is 0.704. The SMILES string of the molecule is O=C(NCCC1CCCC1)OCCO. The van der Waals surface area contributed by atoms with Crippen molar-refractivity contribution >= 4 is 6.09 Å². The maximum atomic E-state index is 10.9. The number of rotatable bonds is 5. The van der Waals surface area contributed by atoms with Gasteiger partial charge >= 0.3 is 6.09 Å². The summed E-state index contributed by atoms with van der Waals surface area (Å²) >= 11 is 0. The number of amides is 1. The first kappa shape index (κ1) is 11.3. The van der Waals surface area contributed by atoms with Crippen LogP contribution in [0.5, 0.6) is 0 Å². The fraction of sp³-hybridized carbons (Fsp3) is 0.900. The highest BCUT2D eigenvalue weighted by Gasteiger charge is 2.14. The molecule has 0 atom stereocenters. The van der Waals surface area contributed by atoms with Crippen LogP contribution in [0.25, 0.3) is 0 Å². The van der Waals surface area contributed by atoms with Crippen LogP contribution >= 0.6 is 0 Å². The molecule has 0 bridgehead atoms. The highest BCUT2D eigenvalue weighted by molar-refractivity contribution is 5.66. The first-order valence-corrected chi connectivity index (χ1v) is 5.34. The second-order valence-corrected chi connectivity index (χ2v) is 3.73. The van der Waals surface area contributed by atoms with Gasteiger partial charge < -0.3 is 15.2 Å². The second kappa shape index (κ2) is 6.65. The minimum atomic E-state index is -0.419. The zero-order chi connectivity index (χ0) is 10.2. The molecule has 0 aromatic rings. The lowest BCUT2D eigenvalue weighted by Gasteiger charge is -2.09. The van der Waals surface area contributed by atoms with Gasteiger partial charge in [-0.05, 0) is 12.3 Å². The lowest BCUT2D eigenvalue weighted by Crippen LogP contribution is -2.27. The monoisotopic (exact) mass is 201 g/mol. The van der Waals surface area contributed by atoms with Crippen LogP contribution < -0.4 is 5.32 Å². The molecule has 2 N–H and O–H groups in total. The van der Waals surface area contributed by atoms with Crippen LogP contribution in [0.3, 0.4) is 0 Å². The number of hydrogen-bond donors (Lipinski definition) is 2. The Morgan fingerprint density at radius 1 is 1.43 bits per heavy atom. The van der Waals surface area contributed by atoms with E-state index in [0.717, 1.165) is 12.3 Å². The number of ether oxygens (including phenoxy) is 1. The highest BCUT2D eigenvalue weighted by Crippen LogP contribution is 2.26. The minimum absolute atomic E-state index is 0.0786. The van der Waals surface area contributed by atoms with E-state index >= 15 is 0 Å². The Morgan fingerprint density at radius 2 is 2.14 bits per heavy atom. The van der Waals surface area contributed by atoms with Gasteiger partial charge in [-0.3, -0.25) is 0 Å². The van der Waals surface area contributed by atoms with Crippen molar-refractivity contribution in [3.05, 3.63) is 0 Å². The number of carbonyl (C=O) groups excluding carboxylic acids is 1. The number of carbonyl (C=O) groups is 1. The molecular formula is C10H19NO3. The zero-order valence-electron chi connectivity index (χ0n) is 8.50. The highest BCUT2D eigenvalue weighted by atomic mass is 16.6. The van der Waals surface area contributed by atoms with E-state index in [1.54, 1.807) is 0 Å². The first-order chi connectivity index (χ1) is 6.83. The molecule has 14 heavy (non-hydrogen) atoms. The zero-order valence-corrected chi connectivity index (χ0v) is 8.50. The van der Waals surface area contributed by atoms with Gasteiger partial charge in [-0.25, -0.2) is 4.79 Å². The Morgan fingerprint density at radius 3 is 2.79 bits per heavy atom. The molecule has 0 aromatic carbocycles. The normalized spacial score (nSPS) is 16.9. The number of hydrogen-bond acceptors (Lipinski definition) is 3. The number of aliphatic hydroxyl groups is 1. The van der Waals surface area contributed by atoms with Crippen LogP contribution in [0.15, 0.2) is 0 Å². The van der Waals surface area contributed by atoms with Crippen molar-refractivity contribution < 1.29 is 14.6 Å². The molecule has 0 radical (unpaired) electrons. The summed E-state index contributed by atoms with van der Waals surface area (Å²) in [7, 11) is 0. The molecular weight excluding hydrogens is 182 g/mol. The third kappa shape index (κ3) is 4.46. The Labute approximate surface area is 84.6 Å². The second-order valence-electron chi connectivity index (χ2n) is 3.73. The number of alkyl carbamates (subject to hydrolysis) is 1. The molecule has 4 heteroatoms. The summed E-state index contributed by atoms with van der Waals surface area (Å²) in [4.78, 5) is 10.9. The molecule has 0 aliphatic heterocycles. The summed E-state index contributed by atoms with van der Waals surface area (Å²) in [6.45, 7) is 0.653. The van der Waals surface area contributed by atoms with Crippen LogP contribution in [0.1, 0.15) is 32.1 Å². The molecule has 0 unspecified atom stereocenters. The summed E-state index contributed by atoms with van der Waals surface area (Å²) in [5.74, 6) is 0.785.